The smallest absolute Gasteiger partial charge is 0.0623 e. The molecule has 0 saturated heterocycles. The van der Waals surface area contributed by atoms with E-state index in [1.54, 1.807) is 0 Å². The van der Waals surface area contributed by atoms with Crippen LogP contribution in [0, 0.1) is 13.8 Å². The number of pyridine rings is 1. The minimum atomic E-state index is -0.309. The molecule has 0 saturated carbocycles. The molecule has 1 atom stereocenters. The molecule has 0 fully saturated rings. The molecule has 1 nitrogen and oxygen atoms in total. The number of benzene rings is 2. The maximum atomic E-state index is 4.66. The SMILES string of the molecule is [CH2]CC(c1ccccc1)(c1ccc(C)cc1)c1ccccn1. The fraction of sp³-hybridized carbons (Fsp3) is 0.143. The van der Waals surface area contributed by atoms with E-state index in [0.29, 0.717) is 0 Å². The van der Waals surface area contributed by atoms with E-state index in [2.05, 4.69) is 73.4 Å². The highest BCUT2D eigenvalue weighted by Gasteiger charge is 2.35. The third-order valence-corrected chi connectivity index (χ3v) is 4.29. The van der Waals surface area contributed by atoms with E-state index in [4.69, 9.17) is 0 Å². The van der Waals surface area contributed by atoms with Crippen molar-refractivity contribution in [2.24, 2.45) is 0 Å². The monoisotopic (exact) mass is 286 g/mol. The summed E-state index contributed by atoms with van der Waals surface area (Å²) in [6.45, 7) is 6.38. The van der Waals surface area contributed by atoms with Crippen molar-refractivity contribution in [3.8, 4) is 0 Å². The highest BCUT2D eigenvalue weighted by Crippen LogP contribution is 2.40. The van der Waals surface area contributed by atoms with Gasteiger partial charge in [0, 0.05) is 6.20 Å². The van der Waals surface area contributed by atoms with E-state index in [1.165, 1.54) is 16.7 Å². The number of hydrogen-bond donors (Lipinski definition) is 0. The number of rotatable bonds is 4. The Kier molecular flexibility index (Phi) is 4.06. The molecular weight excluding hydrogens is 266 g/mol. The van der Waals surface area contributed by atoms with Gasteiger partial charge in [-0.2, -0.15) is 0 Å². The first kappa shape index (κ1) is 14.5. The Morgan fingerprint density at radius 2 is 1.45 bits per heavy atom. The molecule has 0 N–H and O–H groups in total. The van der Waals surface area contributed by atoms with Crippen molar-refractivity contribution in [2.75, 3.05) is 0 Å². The average molecular weight is 286 g/mol. The van der Waals surface area contributed by atoms with Crippen LogP contribution in [-0.4, -0.2) is 4.98 Å². The molecule has 0 spiro atoms. The lowest BCUT2D eigenvalue weighted by molar-refractivity contribution is 0.603. The molecule has 1 radical (unpaired) electrons. The number of hydrogen-bond acceptors (Lipinski definition) is 1. The molecule has 3 aromatic rings. The normalized spacial score (nSPS) is 13.5. The summed E-state index contributed by atoms with van der Waals surface area (Å²) in [5, 5.41) is 0. The molecule has 1 heterocycles. The first-order chi connectivity index (χ1) is 10.8. The molecule has 0 aliphatic rings. The van der Waals surface area contributed by atoms with Crippen LogP contribution in [0.5, 0.6) is 0 Å². The van der Waals surface area contributed by atoms with Crippen LogP contribution >= 0.6 is 0 Å². The first-order valence-corrected chi connectivity index (χ1v) is 7.61. The van der Waals surface area contributed by atoms with Crippen molar-refractivity contribution in [2.45, 2.75) is 18.8 Å². The van der Waals surface area contributed by atoms with Gasteiger partial charge in [-0.05, 0) is 36.6 Å². The van der Waals surface area contributed by atoms with Gasteiger partial charge < -0.3 is 0 Å². The second-order valence-electron chi connectivity index (χ2n) is 5.60. The number of nitrogens with zero attached hydrogens (tertiary/aromatic N) is 1. The van der Waals surface area contributed by atoms with Crippen LogP contribution < -0.4 is 0 Å². The molecule has 1 aromatic heterocycles. The van der Waals surface area contributed by atoms with Crippen LogP contribution in [0.15, 0.2) is 79.0 Å². The van der Waals surface area contributed by atoms with Crippen LogP contribution in [0.4, 0.5) is 0 Å². The molecule has 0 aliphatic carbocycles. The van der Waals surface area contributed by atoms with Crippen LogP contribution in [0.3, 0.4) is 0 Å². The highest BCUT2D eigenvalue weighted by molar-refractivity contribution is 5.48. The Hall–Kier alpha value is -2.41. The van der Waals surface area contributed by atoms with Gasteiger partial charge in [-0.1, -0.05) is 73.2 Å². The zero-order valence-corrected chi connectivity index (χ0v) is 12.9. The molecule has 0 aliphatic heterocycles. The van der Waals surface area contributed by atoms with Crippen LogP contribution in [0.1, 0.15) is 28.8 Å². The predicted octanol–water partition coefficient (Wildman–Crippen LogP) is 4.95. The zero-order chi connectivity index (χ0) is 15.4. The molecule has 2 aromatic carbocycles. The minimum absolute atomic E-state index is 0.309. The van der Waals surface area contributed by atoms with Gasteiger partial charge >= 0.3 is 0 Å². The van der Waals surface area contributed by atoms with E-state index in [1.807, 2.05) is 24.4 Å². The fourth-order valence-electron chi connectivity index (χ4n) is 3.06. The van der Waals surface area contributed by atoms with Crippen molar-refractivity contribution < 1.29 is 0 Å². The predicted molar refractivity (Wildman–Crippen MR) is 91.7 cm³/mol. The van der Waals surface area contributed by atoms with E-state index < -0.39 is 0 Å². The van der Waals surface area contributed by atoms with Crippen LogP contribution in [-0.2, 0) is 5.41 Å². The van der Waals surface area contributed by atoms with E-state index in [-0.39, 0.29) is 5.41 Å². The standard InChI is InChI=1S/C21H20N/c1-3-21(18-9-5-4-6-10-18,20-11-7-8-16-22-20)19-14-12-17(2)13-15-19/h4-16H,1,3H2,2H3. The quantitative estimate of drug-likeness (QED) is 0.661. The molecular formula is C21H20N. The van der Waals surface area contributed by atoms with E-state index >= 15 is 0 Å². The molecule has 1 heteroatoms. The Balaban J connectivity index is 2.28. The molecule has 1 unspecified atom stereocenters. The summed E-state index contributed by atoms with van der Waals surface area (Å²) in [7, 11) is 0. The second kappa shape index (κ2) is 6.15. The fourth-order valence-corrected chi connectivity index (χ4v) is 3.06. The molecule has 0 amide bonds. The number of aryl methyl sites for hydroxylation is 1. The number of aromatic nitrogens is 1. The van der Waals surface area contributed by atoms with Gasteiger partial charge in [0.05, 0.1) is 11.1 Å². The third-order valence-electron chi connectivity index (χ3n) is 4.29. The summed E-state index contributed by atoms with van der Waals surface area (Å²) in [6.07, 6.45) is 2.58. The second-order valence-corrected chi connectivity index (χ2v) is 5.60. The lowest BCUT2D eigenvalue weighted by Gasteiger charge is -2.34. The van der Waals surface area contributed by atoms with Gasteiger partial charge in [0.1, 0.15) is 0 Å². The first-order valence-electron chi connectivity index (χ1n) is 7.61. The topological polar surface area (TPSA) is 12.9 Å². The largest absolute Gasteiger partial charge is 0.260 e. The maximum Gasteiger partial charge on any atom is 0.0623 e. The summed E-state index contributed by atoms with van der Waals surface area (Å²) in [4.78, 5) is 4.66. The Morgan fingerprint density at radius 1 is 0.818 bits per heavy atom. The van der Waals surface area contributed by atoms with Crippen molar-refractivity contribution in [1.29, 1.82) is 0 Å². The lowest BCUT2D eigenvalue weighted by atomic mass is 9.70. The minimum Gasteiger partial charge on any atom is -0.260 e. The summed E-state index contributed by atoms with van der Waals surface area (Å²) in [5.41, 5.74) is 4.46. The van der Waals surface area contributed by atoms with Crippen LogP contribution in [0.2, 0.25) is 0 Å². The highest BCUT2D eigenvalue weighted by atomic mass is 14.7. The Bertz CT molecular complexity index is 675. The summed E-state index contributed by atoms with van der Waals surface area (Å²) in [5.74, 6) is 0. The molecule has 0 bridgehead atoms. The summed E-state index contributed by atoms with van der Waals surface area (Å²) >= 11 is 0. The maximum absolute atomic E-state index is 4.66. The third kappa shape index (κ3) is 2.43. The summed E-state index contributed by atoms with van der Waals surface area (Å²) < 4.78 is 0. The summed E-state index contributed by atoms with van der Waals surface area (Å²) in [6, 6.07) is 25.3. The van der Waals surface area contributed by atoms with Gasteiger partial charge in [-0.3, -0.25) is 4.98 Å². The van der Waals surface area contributed by atoms with Crippen molar-refractivity contribution >= 4 is 0 Å². The van der Waals surface area contributed by atoms with Gasteiger partial charge in [-0.25, -0.2) is 0 Å². The van der Waals surface area contributed by atoms with Gasteiger partial charge in [-0.15, -0.1) is 0 Å². The van der Waals surface area contributed by atoms with E-state index in [0.717, 1.165) is 12.1 Å². The van der Waals surface area contributed by atoms with Crippen molar-refractivity contribution in [1.82, 2.24) is 4.98 Å². The van der Waals surface area contributed by atoms with Gasteiger partial charge in [0.2, 0.25) is 0 Å². The van der Waals surface area contributed by atoms with Gasteiger partial charge in [0.15, 0.2) is 0 Å². The van der Waals surface area contributed by atoms with Crippen molar-refractivity contribution in [3.63, 3.8) is 0 Å². The zero-order valence-electron chi connectivity index (χ0n) is 12.9. The Morgan fingerprint density at radius 3 is 2.05 bits per heavy atom. The molecule has 3 rings (SSSR count). The molecule has 109 valence electrons. The lowest BCUT2D eigenvalue weighted by Crippen LogP contribution is -2.29. The Labute approximate surface area is 132 Å². The van der Waals surface area contributed by atoms with Gasteiger partial charge in [0.25, 0.3) is 0 Å². The van der Waals surface area contributed by atoms with Crippen LogP contribution in [0.25, 0.3) is 0 Å². The average Bonchev–Trinajstić information content (AvgIpc) is 2.59. The molecule has 22 heavy (non-hydrogen) atoms. The van der Waals surface area contributed by atoms with Crippen molar-refractivity contribution in [3.05, 3.63) is 108 Å². The van der Waals surface area contributed by atoms with E-state index in [9.17, 15) is 0 Å².